The molecule has 0 aliphatic heterocycles. The lowest BCUT2D eigenvalue weighted by Gasteiger charge is -2.46. The third kappa shape index (κ3) is 3.90. The third-order valence-electron chi connectivity index (χ3n) is 10.5. The summed E-state index contributed by atoms with van der Waals surface area (Å²) in [6.07, 6.45) is 0. The van der Waals surface area contributed by atoms with Crippen LogP contribution in [0.25, 0.3) is 22.3 Å². The maximum atomic E-state index is 2.38. The van der Waals surface area contributed by atoms with Crippen molar-refractivity contribution in [2.75, 3.05) is 4.90 Å². The zero-order valence-electron chi connectivity index (χ0n) is 26.7. The lowest BCUT2D eigenvalue weighted by Crippen LogP contribution is -2.40. The monoisotopic (exact) mass is 601 g/mol. The second-order valence-corrected chi connectivity index (χ2v) is 13.3. The average Bonchev–Trinajstić information content (AvgIpc) is 3.43. The molecule has 0 atom stereocenters. The number of benzene rings is 7. The van der Waals surface area contributed by atoms with Crippen LogP contribution in [-0.2, 0) is 10.8 Å². The standard InChI is InChI=1S/C46H35N/c1-45(2)39-23-11-13-25-41(39)46(42-26-14-12-24-40(42)45)38-22-10-9-20-37(38)44-36(21-15-27-43(44)46)32-28-30-35(31-29-32)47(33-16-5-3-6-17-33)34-18-7-4-8-19-34/h3-31H,1-2H3. The highest BCUT2D eigenvalue weighted by Gasteiger charge is 2.53. The normalized spacial score (nSPS) is 14.5. The first-order valence-corrected chi connectivity index (χ1v) is 16.5. The first kappa shape index (κ1) is 27.6. The Morgan fingerprint density at radius 3 is 1.34 bits per heavy atom. The van der Waals surface area contributed by atoms with Crippen LogP contribution in [0.4, 0.5) is 17.1 Å². The van der Waals surface area contributed by atoms with E-state index in [4.69, 9.17) is 0 Å². The molecule has 0 radical (unpaired) electrons. The van der Waals surface area contributed by atoms with Crippen LogP contribution in [0.3, 0.4) is 0 Å². The van der Waals surface area contributed by atoms with Crippen molar-refractivity contribution in [2.45, 2.75) is 24.7 Å². The Morgan fingerprint density at radius 2 is 0.766 bits per heavy atom. The zero-order valence-corrected chi connectivity index (χ0v) is 26.7. The molecule has 1 heteroatoms. The molecule has 9 rings (SSSR count). The van der Waals surface area contributed by atoms with Crippen LogP contribution in [0, 0.1) is 0 Å². The molecule has 0 fully saturated rings. The van der Waals surface area contributed by atoms with Gasteiger partial charge in [0, 0.05) is 22.5 Å². The molecule has 1 nitrogen and oxygen atoms in total. The molecular weight excluding hydrogens is 567 g/mol. The van der Waals surface area contributed by atoms with Gasteiger partial charge < -0.3 is 4.90 Å². The molecule has 0 amide bonds. The van der Waals surface area contributed by atoms with Gasteiger partial charge in [-0.1, -0.05) is 153 Å². The van der Waals surface area contributed by atoms with Crippen LogP contribution in [0.1, 0.15) is 47.2 Å². The molecule has 1 spiro atoms. The second kappa shape index (κ2) is 10.4. The van der Waals surface area contributed by atoms with Gasteiger partial charge in [0.2, 0.25) is 0 Å². The summed E-state index contributed by atoms with van der Waals surface area (Å²) in [5.74, 6) is 0. The van der Waals surface area contributed by atoms with Crippen LogP contribution < -0.4 is 4.90 Å². The van der Waals surface area contributed by atoms with Crippen molar-refractivity contribution >= 4 is 17.1 Å². The Bertz CT molecular complexity index is 2170. The minimum Gasteiger partial charge on any atom is -0.311 e. The summed E-state index contributed by atoms with van der Waals surface area (Å²) < 4.78 is 0. The van der Waals surface area contributed by atoms with Gasteiger partial charge in [0.25, 0.3) is 0 Å². The Labute approximate surface area is 277 Å². The minimum absolute atomic E-state index is 0.104. The van der Waals surface area contributed by atoms with Crippen molar-refractivity contribution in [1.29, 1.82) is 0 Å². The summed E-state index contributed by atoms with van der Waals surface area (Å²) in [6, 6.07) is 64.7. The summed E-state index contributed by atoms with van der Waals surface area (Å²) in [5.41, 5.74) is 16.4. The molecule has 0 bridgehead atoms. The van der Waals surface area contributed by atoms with E-state index in [1.54, 1.807) is 0 Å². The average molecular weight is 602 g/mol. The fourth-order valence-corrected chi connectivity index (χ4v) is 8.54. The fourth-order valence-electron chi connectivity index (χ4n) is 8.54. The van der Waals surface area contributed by atoms with Gasteiger partial charge in [0.1, 0.15) is 0 Å². The molecule has 0 saturated heterocycles. The molecule has 224 valence electrons. The van der Waals surface area contributed by atoms with Gasteiger partial charge in [-0.05, 0) is 92.0 Å². The van der Waals surface area contributed by atoms with Gasteiger partial charge in [-0.2, -0.15) is 0 Å². The first-order chi connectivity index (χ1) is 23.1. The molecule has 7 aromatic carbocycles. The Morgan fingerprint density at radius 1 is 0.340 bits per heavy atom. The molecule has 0 unspecified atom stereocenters. The largest absolute Gasteiger partial charge is 0.311 e. The fraction of sp³-hybridized carbons (Fsp3) is 0.0870. The first-order valence-electron chi connectivity index (χ1n) is 16.5. The predicted octanol–water partition coefficient (Wildman–Crippen LogP) is 11.8. The number of anilines is 3. The minimum atomic E-state index is -0.387. The smallest absolute Gasteiger partial charge is 0.0719 e. The number of hydrogen-bond donors (Lipinski definition) is 0. The predicted molar refractivity (Wildman–Crippen MR) is 196 cm³/mol. The molecule has 0 heterocycles. The number of fused-ring (bicyclic) bond motifs is 9. The molecule has 0 aromatic heterocycles. The molecule has 0 saturated carbocycles. The Kier molecular flexibility index (Phi) is 6.14. The third-order valence-corrected chi connectivity index (χ3v) is 10.5. The quantitative estimate of drug-likeness (QED) is 0.194. The van der Waals surface area contributed by atoms with Gasteiger partial charge in [-0.25, -0.2) is 0 Å². The highest BCUT2D eigenvalue weighted by Crippen LogP contribution is 2.63. The molecule has 47 heavy (non-hydrogen) atoms. The van der Waals surface area contributed by atoms with E-state index in [0.29, 0.717) is 0 Å². The maximum absolute atomic E-state index is 2.38. The lowest BCUT2D eigenvalue weighted by molar-refractivity contribution is 0.563. The van der Waals surface area contributed by atoms with Crippen molar-refractivity contribution in [3.8, 4) is 22.3 Å². The number of nitrogens with zero attached hydrogens (tertiary/aromatic N) is 1. The molecule has 2 aliphatic rings. The van der Waals surface area contributed by atoms with Gasteiger partial charge in [0.05, 0.1) is 5.41 Å². The Hall–Kier alpha value is -5.66. The van der Waals surface area contributed by atoms with Crippen LogP contribution in [0.2, 0.25) is 0 Å². The van der Waals surface area contributed by atoms with E-state index >= 15 is 0 Å². The van der Waals surface area contributed by atoms with E-state index in [1.165, 1.54) is 55.6 Å². The van der Waals surface area contributed by atoms with Crippen LogP contribution >= 0.6 is 0 Å². The summed E-state index contributed by atoms with van der Waals surface area (Å²) in [4.78, 5) is 2.32. The lowest BCUT2D eigenvalue weighted by atomic mass is 9.55. The topological polar surface area (TPSA) is 3.24 Å². The summed E-state index contributed by atoms with van der Waals surface area (Å²) in [7, 11) is 0. The molecule has 7 aromatic rings. The van der Waals surface area contributed by atoms with Crippen molar-refractivity contribution in [3.05, 3.63) is 209 Å². The van der Waals surface area contributed by atoms with Gasteiger partial charge in [-0.15, -0.1) is 0 Å². The highest BCUT2D eigenvalue weighted by molar-refractivity contribution is 5.96. The highest BCUT2D eigenvalue weighted by atomic mass is 15.1. The van der Waals surface area contributed by atoms with Gasteiger partial charge in [-0.3, -0.25) is 0 Å². The van der Waals surface area contributed by atoms with Gasteiger partial charge >= 0.3 is 0 Å². The second-order valence-electron chi connectivity index (χ2n) is 13.3. The summed E-state index contributed by atoms with van der Waals surface area (Å²) in [6.45, 7) is 4.76. The van der Waals surface area contributed by atoms with E-state index in [9.17, 15) is 0 Å². The summed E-state index contributed by atoms with van der Waals surface area (Å²) in [5, 5.41) is 0. The van der Waals surface area contributed by atoms with Gasteiger partial charge in [0.15, 0.2) is 0 Å². The van der Waals surface area contributed by atoms with E-state index in [2.05, 4.69) is 195 Å². The van der Waals surface area contributed by atoms with Crippen LogP contribution in [0.5, 0.6) is 0 Å². The van der Waals surface area contributed by atoms with Crippen LogP contribution in [0.15, 0.2) is 176 Å². The number of rotatable bonds is 4. The van der Waals surface area contributed by atoms with Crippen LogP contribution in [-0.4, -0.2) is 0 Å². The number of para-hydroxylation sites is 2. The summed E-state index contributed by atoms with van der Waals surface area (Å²) >= 11 is 0. The Balaban J connectivity index is 1.26. The van der Waals surface area contributed by atoms with Crippen molar-refractivity contribution in [1.82, 2.24) is 0 Å². The molecule has 2 aliphatic carbocycles. The number of hydrogen-bond acceptors (Lipinski definition) is 1. The molecule has 0 N–H and O–H groups in total. The molecular formula is C46H35N. The van der Waals surface area contributed by atoms with E-state index in [-0.39, 0.29) is 10.8 Å². The SMILES string of the molecule is CC1(C)c2ccccc2C2(c3ccccc3-c3c(-c4ccc(N(c5ccccc5)c5ccccc5)cc4)cccc32)c2ccccc21. The van der Waals surface area contributed by atoms with E-state index in [1.807, 2.05) is 0 Å². The van der Waals surface area contributed by atoms with E-state index < -0.39 is 0 Å². The van der Waals surface area contributed by atoms with Crippen molar-refractivity contribution < 1.29 is 0 Å². The van der Waals surface area contributed by atoms with Crippen molar-refractivity contribution in [3.63, 3.8) is 0 Å². The maximum Gasteiger partial charge on any atom is 0.0719 e. The van der Waals surface area contributed by atoms with E-state index in [0.717, 1.165) is 17.1 Å². The zero-order chi connectivity index (χ0) is 31.6. The van der Waals surface area contributed by atoms with Crippen molar-refractivity contribution in [2.24, 2.45) is 0 Å².